The van der Waals surface area contributed by atoms with Gasteiger partial charge < -0.3 is 9.84 Å². The summed E-state index contributed by atoms with van der Waals surface area (Å²) in [4.78, 5) is 16.2. The molecule has 1 amide bonds. The molecule has 0 saturated heterocycles. The van der Waals surface area contributed by atoms with Gasteiger partial charge in [-0.15, -0.1) is 5.10 Å². The highest BCUT2D eigenvalue weighted by Crippen LogP contribution is 2.19. The second kappa shape index (κ2) is 6.98. The molecule has 0 saturated carbocycles. The van der Waals surface area contributed by atoms with Crippen molar-refractivity contribution in [2.45, 2.75) is 6.54 Å². The third-order valence-corrected chi connectivity index (χ3v) is 3.70. The fourth-order valence-corrected chi connectivity index (χ4v) is 2.38. The van der Waals surface area contributed by atoms with E-state index < -0.39 is 0 Å². The van der Waals surface area contributed by atoms with Crippen LogP contribution in [-0.2, 0) is 6.54 Å². The zero-order valence-corrected chi connectivity index (χ0v) is 13.6. The lowest BCUT2D eigenvalue weighted by atomic mass is 10.1. The number of pyridine rings is 1. The van der Waals surface area contributed by atoms with Crippen molar-refractivity contribution >= 4 is 5.91 Å². The molecule has 0 spiro atoms. The van der Waals surface area contributed by atoms with Crippen molar-refractivity contribution in [1.29, 1.82) is 0 Å². The highest BCUT2D eigenvalue weighted by Gasteiger charge is 2.14. The van der Waals surface area contributed by atoms with E-state index in [1.807, 2.05) is 42.5 Å². The minimum Gasteiger partial charge on any atom is -0.355 e. The van der Waals surface area contributed by atoms with E-state index in [9.17, 15) is 4.79 Å². The Kier molecular flexibility index (Phi) is 4.21. The topological polar surface area (TPSA) is 98.7 Å². The van der Waals surface area contributed by atoms with E-state index >= 15 is 0 Å². The molecular formula is C18H14N6O2. The second-order valence-corrected chi connectivity index (χ2v) is 5.48. The predicted molar refractivity (Wildman–Crippen MR) is 92.3 cm³/mol. The number of benzene rings is 1. The number of nitrogens with one attached hydrogen (secondary N) is 1. The van der Waals surface area contributed by atoms with Crippen LogP contribution in [0.4, 0.5) is 0 Å². The summed E-state index contributed by atoms with van der Waals surface area (Å²) in [5.74, 6) is 0.203. The van der Waals surface area contributed by atoms with Crippen molar-refractivity contribution < 1.29 is 9.32 Å². The summed E-state index contributed by atoms with van der Waals surface area (Å²) >= 11 is 0. The van der Waals surface area contributed by atoms with Gasteiger partial charge in [0, 0.05) is 24.0 Å². The molecule has 1 aromatic carbocycles. The smallest absolute Gasteiger partial charge is 0.273 e. The number of hydrogen-bond acceptors (Lipinski definition) is 6. The average Bonchev–Trinajstić information content (AvgIpc) is 3.37. The van der Waals surface area contributed by atoms with Crippen LogP contribution >= 0.6 is 0 Å². The highest BCUT2D eigenvalue weighted by molar-refractivity contribution is 5.93. The van der Waals surface area contributed by atoms with Crippen LogP contribution in [0.1, 0.15) is 16.2 Å². The Morgan fingerprint density at radius 3 is 2.73 bits per heavy atom. The first-order valence-electron chi connectivity index (χ1n) is 7.91. The zero-order valence-electron chi connectivity index (χ0n) is 13.6. The van der Waals surface area contributed by atoms with Crippen molar-refractivity contribution in [3.05, 3.63) is 78.5 Å². The summed E-state index contributed by atoms with van der Waals surface area (Å²) in [5, 5.41) is 14.7. The standard InChI is InChI=1S/C18H14N6O2/c25-18(16-10-17(26-22-16)13-4-2-1-3-5-13)20-11-14-12-24(23-21-14)15-6-8-19-9-7-15/h1-10,12H,11H2,(H,20,25). The van der Waals surface area contributed by atoms with Gasteiger partial charge in [0.1, 0.15) is 5.69 Å². The fourth-order valence-electron chi connectivity index (χ4n) is 2.38. The Labute approximate surface area is 148 Å². The predicted octanol–water partition coefficient (Wildman–Crippen LogP) is 2.25. The van der Waals surface area contributed by atoms with Crippen LogP contribution < -0.4 is 5.32 Å². The molecule has 0 radical (unpaired) electrons. The molecule has 0 atom stereocenters. The van der Waals surface area contributed by atoms with Gasteiger partial charge in [-0.3, -0.25) is 9.78 Å². The minimum atomic E-state index is -0.339. The number of amides is 1. The average molecular weight is 346 g/mol. The molecule has 8 heteroatoms. The van der Waals surface area contributed by atoms with Crippen LogP contribution in [0.2, 0.25) is 0 Å². The highest BCUT2D eigenvalue weighted by atomic mass is 16.5. The van der Waals surface area contributed by atoms with Gasteiger partial charge in [0.25, 0.3) is 5.91 Å². The second-order valence-electron chi connectivity index (χ2n) is 5.48. The largest absolute Gasteiger partial charge is 0.355 e. The van der Waals surface area contributed by atoms with Gasteiger partial charge in [-0.25, -0.2) is 4.68 Å². The molecule has 0 aliphatic heterocycles. The molecule has 0 bridgehead atoms. The molecule has 0 fully saturated rings. The summed E-state index contributed by atoms with van der Waals surface area (Å²) in [6, 6.07) is 14.7. The van der Waals surface area contributed by atoms with E-state index in [-0.39, 0.29) is 18.1 Å². The van der Waals surface area contributed by atoms with Gasteiger partial charge in [-0.2, -0.15) is 0 Å². The van der Waals surface area contributed by atoms with Crippen LogP contribution in [0, 0.1) is 0 Å². The van der Waals surface area contributed by atoms with Gasteiger partial charge in [0.15, 0.2) is 11.5 Å². The quantitative estimate of drug-likeness (QED) is 0.595. The van der Waals surface area contributed by atoms with E-state index in [2.05, 4.69) is 25.8 Å². The SMILES string of the molecule is O=C(NCc1cn(-c2ccncc2)nn1)c1cc(-c2ccccc2)on1. The third-order valence-electron chi connectivity index (χ3n) is 3.70. The fraction of sp³-hybridized carbons (Fsp3) is 0.0556. The van der Waals surface area contributed by atoms with Crippen LogP contribution in [0.5, 0.6) is 0 Å². The number of nitrogens with zero attached hydrogens (tertiary/aromatic N) is 5. The molecule has 4 aromatic rings. The Hall–Kier alpha value is -3.81. The molecule has 4 rings (SSSR count). The number of carbonyl (C=O) groups excluding carboxylic acids is 1. The molecule has 8 nitrogen and oxygen atoms in total. The van der Waals surface area contributed by atoms with Crippen LogP contribution in [0.15, 0.2) is 71.6 Å². The van der Waals surface area contributed by atoms with Crippen LogP contribution in [0.3, 0.4) is 0 Å². The summed E-state index contributed by atoms with van der Waals surface area (Å²) in [5.41, 5.74) is 2.54. The Balaban J connectivity index is 1.40. The summed E-state index contributed by atoms with van der Waals surface area (Å²) in [7, 11) is 0. The number of hydrogen-bond donors (Lipinski definition) is 1. The van der Waals surface area contributed by atoms with Gasteiger partial charge in [-0.05, 0) is 12.1 Å². The van der Waals surface area contributed by atoms with E-state index in [4.69, 9.17) is 4.52 Å². The molecule has 128 valence electrons. The van der Waals surface area contributed by atoms with E-state index in [1.165, 1.54) is 0 Å². The van der Waals surface area contributed by atoms with Crippen molar-refractivity contribution in [3.8, 4) is 17.0 Å². The first kappa shape index (κ1) is 15.7. The van der Waals surface area contributed by atoms with Crippen molar-refractivity contribution in [2.24, 2.45) is 0 Å². The van der Waals surface area contributed by atoms with Crippen molar-refractivity contribution in [1.82, 2.24) is 30.5 Å². The van der Waals surface area contributed by atoms with E-state index in [0.29, 0.717) is 11.5 Å². The number of rotatable bonds is 5. The van der Waals surface area contributed by atoms with Crippen molar-refractivity contribution in [2.75, 3.05) is 0 Å². The van der Waals surface area contributed by atoms with Crippen LogP contribution in [0.25, 0.3) is 17.0 Å². The number of aromatic nitrogens is 5. The van der Waals surface area contributed by atoms with Gasteiger partial charge in [0.2, 0.25) is 0 Å². The molecule has 1 N–H and O–H groups in total. The van der Waals surface area contributed by atoms with Gasteiger partial charge >= 0.3 is 0 Å². The molecule has 0 aliphatic carbocycles. The normalized spacial score (nSPS) is 10.6. The maximum Gasteiger partial charge on any atom is 0.273 e. The molecule has 0 unspecified atom stereocenters. The van der Waals surface area contributed by atoms with E-state index in [1.54, 1.807) is 29.3 Å². The molecule has 26 heavy (non-hydrogen) atoms. The monoisotopic (exact) mass is 346 g/mol. The lowest BCUT2D eigenvalue weighted by Crippen LogP contribution is -2.23. The maximum atomic E-state index is 12.2. The van der Waals surface area contributed by atoms with Gasteiger partial charge in [-0.1, -0.05) is 40.7 Å². The zero-order chi connectivity index (χ0) is 17.8. The van der Waals surface area contributed by atoms with Crippen molar-refractivity contribution in [3.63, 3.8) is 0 Å². The Bertz CT molecular complexity index is 1010. The molecule has 3 aromatic heterocycles. The molecular weight excluding hydrogens is 332 g/mol. The summed E-state index contributed by atoms with van der Waals surface area (Å²) in [6.45, 7) is 0.234. The number of carbonyl (C=O) groups is 1. The van der Waals surface area contributed by atoms with Gasteiger partial charge in [0.05, 0.1) is 18.4 Å². The summed E-state index contributed by atoms with van der Waals surface area (Å²) in [6.07, 6.45) is 5.09. The Morgan fingerprint density at radius 1 is 1.12 bits per heavy atom. The third kappa shape index (κ3) is 3.34. The van der Waals surface area contributed by atoms with Crippen LogP contribution in [-0.4, -0.2) is 31.0 Å². The first-order valence-corrected chi connectivity index (χ1v) is 7.91. The lowest BCUT2D eigenvalue weighted by Gasteiger charge is -1.99. The molecule has 0 aliphatic rings. The minimum absolute atomic E-state index is 0.213. The van der Waals surface area contributed by atoms with E-state index in [0.717, 1.165) is 11.3 Å². The Morgan fingerprint density at radius 2 is 1.92 bits per heavy atom. The maximum absolute atomic E-state index is 12.2. The summed E-state index contributed by atoms with van der Waals surface area (Å²) < 4.78 is 6.85. The molecule has 3 heterocycles. The first-order chi connectivity index (χ1) is 12.8. The lowest BCUT2D eigenvalue weighted by molar-refractivity contribution is 0.0941.